The average molecular weight is 382 g/mol. The second-order valence-corrected chi connectivity index (χ2v) is 7.50. The van der Waals surface area contributed by atoms with Gasteiger partial charge in [0.25, 0.3) is 0 Å². The molecule has 0 atom stereocenters. The first-order chi connectivity index (χ1) is 13.7. The molecular weight excluding hydrogens is 350 g/mol. The van der Waals surface area contributed by atoms with Gasteiger partial charge in [-0.25, -0.2) is 0 Å². The Morgan fingerprint density at radius 3 is 2.68 bits per heavy atom. The standard InChI is InChI=1S/C23H31N3O2/c1-26(20-11-4-3-5-12-20)17-18-9-6-7-14-22(18)24-16-23(27)25-19-10-8-13-21(15-19)28-2/h6-10,13-15,20,24H,3-5,11-12,16-17H2,1-2H3,(H,25,27). The van der Waals surface area contributed by atoms with E-state index in [9.17, 15) is 4.79 Å². The Morgan fingerprint density at radius 2 is 1.89 bits per heavy atom. The molecule has 0 radical (unpaired) electrons. The number of hydrogen-bond acceptors (Lipinski definition) is 4. The zero-order valence-corrected chi connectivity index (χ0v) is 16.9. The van der Waals surface area contributed by atoms with Crippen LogP contribution >= 0.6 is 0 Å². The number of carbonyl (C=O) groups is 1. The van der Waals surface area contributed by atoms with Gasteiger partial charge < -0.3 is 15.4 Å². The zero-order valence-electron chi connectivity index (χ0n) is 16.9. The third-order valence-corrected chi connectivity index (χ3v) is 5.43. The van der Waals surface area contributed by atoms with E-state index in [-0.39, 0.29) is 12.5 Å². The van der Waals surface area contributed by atoms with Crippen LogP contribution in [0.25, 0.3) is 0 Å². The molecule has 0 spiro atoms. The van der Waals surface area contributed by atoms with Crippen LogP contribution in [0.15, 0.2) is 48.5 Å². The Balaban J connectivity index is 1.56. The van der Waals surface area contributed by atoms with Gasteiger partial charge in [-0.3, -0.25) is 9.69 Å². The minimum Gasteiger partial charge on any atom is -0.497 e. The summed E-state index contributed by atoms with van der Waals surface area (Å²) in [7, 11) is 3.83. The van der Waals surface area contributed by atoms with Crippen molar-refractivity contribution in [2.24, 2.45) is 0 Å². The van der Waals surface area contributed by atoms with Gasteiger partial charge in [-0.1, -0.05) is 43.5 Å². The highest BCUT2D eigenvalue weighted by Crippen LogP contribution is 2.25. The number of nitrogens with zero attached hydrogens (tertiary/aromatic N) is 1. The molecule has 150 valence electrons. The summed E-state index contributed by atoms with van der Waals surface area (Å²) in [4.78, 5) is 14.8. The smallest absolute Gasteiger partial charge is 0.243 e. The van der Waals surface area contributed by atoms with Gasteiger partial charge in [0, 0.05) is 30.0 Å². The van der Waals surface area contributed by atoms with Crippen molar-refractivity contribution >= 4 is 17.3 Å². The Hall–Kier alpha value is -2.53. The molecule has 0 heterocycles. The van der Waals surface area contributed by atoms with E-state index in [0.717, 1.165) is 23.7 Å². The van der Waals surface area contributed by atoms with Crippen LogP contribution in [-0.4, -0.2) is 37.6 Å². The lowest BCUT2D eigenvalue weighted by molar-refractivity contribution is -0.114. The molecule has 1 fully saturated rings. The van der Waals surface area contributed by atoms with Gasteiger partial charge in [0.05, 0.1) is 13.7 Å². The third kappa shape index (κ3) is 5.73. The lowest BCUT2D eigenvalue weighted by Crippen LogP contribution is -2.33. The Morgan fingerprint density at radius 1 is 1.11 bits per heavy atom. The van der Waals surface area contributed by atoms with E-state index in [1.54, 1.807) is 7.11 Å². The van der Waals surface area contributed by atoms with Crippen molar-refractivity contribution in [2.75, 3.05) is 31.3 Å². The number of hydrogen-bond donors (Lipinski definition) is 2. The molecule has 2 aromatic rings. The van der Waals surface area contributed by atoms with E-state index < -0.39 is 0 Å². The van der Waals surface area contributed by atoms with Crippen LogP contribution < -0.4 is 15.4 Å². The van der Waals surface area contributed by atoms with Gasteiger partial charge in [0.1, 0.15) is 5.75 Å². The number of ether oxygens (including phenoxy) is 1. The first-order valence-corrected chi connectivity index (χ1v) is 10.1. The minimum atomic E-state index is -0.0799. The van der Waals surface area contributed by atoms with Crippen LogP contribution in [0.4, 0.5) is 11.4 Å². The summed E-state index contributed by atoms with van der Waals surface area (Å²) < 4.78 is 5.20. The topological polar surface area (TPSA) is 53.6 Å². The minimum absolute atomic E-state index is 0.0799. The molecule has 28 heavy (non-hydrogen) atoms. The number of rotatable bonds is 8. The fraction of sp³-hybridized carbons (Fsp3) is 0.435. The van der Waals surface area contributed by atoms with E-state index in [1.807, 2.05) is 36.4 Å². The zero-order chi connectivity index (χ0) is 19.8. The fourth-order valence-electron chi connectivity index (χ4n) is 3.83. The molecule has 2 N–H and O–H groups in total. The van der Waals surface area contributed by atoms with Crippen LogP contribution in [0.3, 0.4) is 0 Å². The van der Waals surface area contributed by atoms with Crippen molar-refractivity contribution in [3.8, 4) is 5.75 Å². The lowest BCUT2D eigenvalue weighted by atomic mass is 9.94. The van der Waals surface area contributed by atoms with Crippen LogP contribution in [0.5, 0.6) is 5.75 Å². The first kappa shape index (κ1) is 20.2. The molecule has 5 heteroatoms. The predicted molar refractivity (Wildman–Crippen MR) is 115 cm³/mol. The lowest BCUT2D eigenvalue weighted by Gasteiger charge is -2.31. The number of para-hydroxylation sites is 1. The largest absolute Gasteiger partial charge is 0.497 e. The Bertz CT molecular complexity index is 772. The highest BCUT2D eigenvalue weighted by atomic mass is 16.5. The second kappa shape index (κ2) is 10.1. The van der Waals surface area contributed by atoms with E-state index in [2.05, 4.69) is 34.7 Å². The van der Waals surface area contributed by atoms with Crippen LogP contribution in [0, 0.1) is 0 Å². The molecule has 1 saturated carbocycles. The molecular formula is C23H31N3O2. The summed E-state index contributed by atoms with van der Waals surface area (Å²) in [5.41, 5.74) is 2.98. The highest BCUT2D eigenvalue weighted by molar-refractivity contribution is 5.94. The van der Waals surface area contributed by atoms with Gasteiger partial charge in [0.2, 0.25) is 5.91 Å². The molecule has 5 nitrogen and oxygen atoms in total. The molecule has 1 amide bonds. The van der Waals surface area contributed by atoms with Crippen LogP contribution in [0.2, 0.25) is 0 Å². The van der Waals surface area contributed by atoms with Gasteiger partial charge in [-0.15, -0.1) is 0 Å². The summed E-state index contributed by atoms with van der Waals surface area (Å²) >= 11 is 0. The summed E-state index contributed by atoms with van der Waals surface area (Å²) in [5, 5.41) is 6.21. The maximum absolute atomic E-state index is 12.3. The first-order valence-electron chi connectivity index (χ1n) is 10.1. The van der Waals surface area contributed by atoms with Gasteiger partial charge in [-0.05, 0) is 43.7 Å². The number of methoxy groups -OCH3 is 1. The molecule has 0 unspecified atom stereocenters. The predicted octanol–water partition coefficient (Wildman–Crippen LogP) is 4.51. The molecule has 1 aliphatic rings. The quantitative estimate of drug-likeness (QED) is 0.706. The molecule has 2 aromatic carbocycles. The van der Waals surface area contributed by atoms with Gasteiger partial charge in [0.15, 0.2) is 0 Å². The maximum Gasteiger partial charge on any atom is 0.243 e. The molecule has 0 aliphatic heterocycles. The van der Waals surface area contributed by atoms with Crippen molar-refractivity contribution < 1.29 is 9.53 Å². The summed E-state index contributed by atoms with van der Waals surface area (Å²) in [5.74, 6) is 0.644. The van der Waals surface area contributed by atoms with E-state index >= 15 is 0 Å². The van der Waals surface area contributed by atoms with Crippen molar-refractivity contribution in [2.45, 2.75) is 44.7 Å². The molecule has 0 bridgehead atoms. The van der Waals surface area contributed by atoms with E-state index in [0.29, 0.717) is 6.04 Å². The van der Waals surface area contributed by atoms with Crippen molar-refractivity contribution in [1.29, 1.82) is 0 Å². The Labute approximate surface area is 168 Å². The second-order valence-electron chi connectivity index (χ2n) is 7.50. The molecule has 3 rings (SSSR count). The number of benzene rings is 2. The van der Waals surface area contributed by atoms with Crippen molar-refractivity contribution in [3.63, 3.8) is 0 Å². The molecule has 0 aromatic heterocycles. The number of carbonyl (C=O) groups excluding carboxylic acids is 1. The number of amides is 1. The summed E-state index contributed by atoms with van der Waals surface area (Å²) in [6.07, 6.45) is 6.60. The number of anilines is 2. The van der Waals surface area contributed by atoms with Crippen LogP contribution in [-0.2, 0) is 11.3 Å². The van der Waals surface area contributed by atoms with Gasteiger partial charge in [-0.2, -0.15) is 0 Å². The monoisotopic (exact) mass is 381 g/mol. The van der Waals surface area contributed by atoms with E-state index in [4.69, 9.17) is 4.74 Å². The molecule has 0 saturated heterocycles. The molecule has 1 aliphatic carbocycles. The normalized spacial score (nSPS) is 14.7. The van der Waals surface area contributed by atoms with Crippen molar-refractivity contribution in [1.82, 2.24) is 4.90 Å². The van der Waals surface area contributed by atoms with Crippen LogP contribution in [0.1, 0.15) is 37.7 Å². The van der Waals surface area contributed by atoms with Gasteiger partial charge >= 0.3 is 0 Å². The van der Waals surface area contributed by atoms with E-state index in [1.165, 1.54) is 37.7 Å². The fourth-order valence-corrected chi connectivity index (χ4v) is 3.83. The summed E-state index contributed by atoms with van der Waals surface area (Å²) in [6.45, 7) is 1.12. The average Bonchev–Trinajstić information content (AvgIpc) is 2.74. The van der Waals surface area contributed by atoms with Crippen molar-refractivity contribution in [3.05, 3.63) is 54.1 Å². The number of nitrogens with one attached hydrogen (secondary N) is 2. The maximum atomic E-state index is 12.3. The Kier molecular flexibility index (Phi) is 7.31. The highest BCUT2D eigenvalue weighted by Gasteiger charge is 2.18. The summed E-state index contributed by atoms with van der Waals surface area (Å²) in [6, 6.07) is 16.3. The third-order valence-electron chi connectivity index (χ3n) is 5.43. The SMILES string of the molecule is COc1cccc(NC(=O)CNc2ccccc2CN(C)C2CCCCC2)c1.